The summed E-state index contributed by atoms with van der Waals surface area (Å²) >= 11 is 0. The number of carbonyl (C=O) groups excluding carboxylic acids is 2. The van der Waals surface area contributed by atoms with E-state index in [2.05, 4.69) is 13.2 Å². The summed E-state index contributed by atoms with van der Waals surface area (Å²) in [6.07, 6.45) is 6.83. The summed E-state index contributed by atoms with van der Waals surface area (Å²) < 4.78 is 0. The molecule has 0 aliphatic rings. The lowest BCUT2D eigenvalue weighted by atomic mass is 10.1. The van der Waals surface area contributed by atoms with Gasteiger partial charge in [-0.25, -0.2) is 0 Å². The molecule has 0 spiro atoms. The van der Waals surface area contributed by atoms with Crippen molar-refractivity contribution in [3.8, 4) is 0 Å². The molecule has 0 fully saturated rings. The van der Waals surface area contributed by atoms with Crippen LogP contribution in [0.4, 0.5) is 0 Å². The van der Waals surface area contributed by atoms with E-state index in [1.165, 1.54) is 12.2 Å². The molecule has 0 aliphatic carbocycles. The molecule has 0 aromatic carbocycles. The standard InChI is InChI=1S/C18H32N2O2/c1-7-17(21)19(15(3)4)13-11-9-10-12-14-20(16(5)6)18(22)8-2/h7-8,15-16H,1-2,9-14H2,3-6H3. The predicted molar refractivity (Wildman–Crippen MR) is 92.6 cm³/mol. The SMILES string of the molecule is C=CC(=O)N(CCCCCCN(C(=O)C=C)C(C)C)C(C)C. The average molecular weight is 308 g/mol. The Hall–Kier alpha value is -1.58. The van der Waals surface area contributed by atoms with Gasteiger partial charge in [-0.15, -0.1) is 0 Å². The zero-order chi connectivity index (χ0) is 17.1. The maximum Gasteiger partial charge on any atom is 0.246 e. The molecular formula is C18H32N2O2. The Morgan fingerprint density at radius 2 is 1.09 bits per heavy atom. The van der Waals surface area contributed by atoms with Crippen molar-refractivity contribution in [1.82, 2.24) is 9.80 Å². The quantitative estimate of drug-likeness (QED) is 0.433. The summed E-state index contributed by atoms with van der Waals surface area (Å²) in [5.74, 6) is -0.00451. The fourth-order valence-corrected chi connectivity index (χ4v) is 2.40. The maximum atomic E-state index is 11.7. The van der Waals surface area contributed by atoms with E-state index in [4.69, 9.17) is 0 Å². The molecular weight excluding hydrogens is 276 g/mol. The lowest BCUT2D eigenvalue weighted by molar-refractivity contribution is -0.128. The highest BCUT2D eigenvalue weighted by Crippen LogP contribution is 2.08. The second-order valence-corrected chi connectivity index (χ2v) is 6.07. The van der Waals surface area contributed by atoms with Gasteiger partial charge >= 0.3 is 0 Å². The Morgan fingerprint density at radius 3 is 1.32 bits per heavy atom. The van der Waals surface area contributed by atoms with Crippen molar-refractivity contribution >= 4 is 11.8 Å². The van der Waals surface area contributed by atoms with E-state index in [0.717, 1.165) is 38.8 Å². The molecule has 0 heterocycles. The largest absolute Gasteiger partial charge is 0.337 e. The van der Waals surface area contributed by atoms with Crippen LogP contribution in [0.5, 0.6) is 0 Å². The Labute approximate surface area is 135 Å². The van der Waals surface area contributed by atoms with Gasteiger partial charge in [0, 0.05) is 25.2 Å². The first kappa shape index (κ1) is 20.4. The smallest absolute Gasteiger partial charge is 0.246 e. The number of rotatable bonds is 11. The van der Waals surface area contributed by atoms with Gasteiger partial charge in [0.1, 0.15) is 0 Å². The Bertz CT molecular complexity index is 339. The van der Waals surface area contributed by atoms with Crippen LogP contribution in [0.25, 0.3) is 0 Å². The van der Waals surface area contributed by atoms with Crippen LogP contribution in [-0.2, 0) is 9.59 Å². The molecule has 4 nitrogen and oxygen atoms in total. The molecule has 0 aromatic rings. The molecule has 0 radical (unpaired) electrons. The van der Waals surface area contributed by atoms with Gasteiger partial charge in [0.2, 0.25) is 11.8 Å². The van der Waals surface area contributed by atoms with Crippen molar-refractivity contribution < 1.29 is 9.59 Å². The third kappa shape index (κ3) is 7.43. The monoisotopic (exact) mass is 308 g/mol. The Kier molecular flexibility index (Phi) is 10.3. The molecule has 2 amide bonds. The van der Waals surface area contributed by atoms with Gasteiger partial charge in [0.05, 0.1) is 0 Å². The Morgan fingerprint density at radius 1 is 0.773 bits per heavy atom. The van der Waals surface area contributed by atoms with Crippen molar-refractivity contribution in [2.75, 3.05) is 13.1 Å². The summed E-state index contributed by atoms with van der Waals surface area (Å²) in [6.45, 7) is 16.7. The van der Waals surface area contributed by atoms with Crippen molar-refractivity contribution in [2.24, 2.45) is 0 Å². The second-order valence-electron chi connectivity index (χ2n) is 6.07. The van der Waals surface area contributed by atoms with Crippen LogP contribution in [0.1, 0.15) is 53.4 Å². The van der Waals surface area contributed by atoms with Gasteiger partial charge in [0.15, 0.2) is 0 Å². The summed E-state index contributed by atoms with van der Waals surface area (Å²) in [5, 5.41) is 0. The Balaban J connectivity index is 4.02. The molecule has 0 unspecified atom stereocenters. The van der Waals surface area contributed by atoms with Gasteiger partial charge < -0.3 is 9.80 Å². The zero-order valence-electron chi connectivity index (χ0n) is 14.7. The lowest BCUT2D eigenvalue weighted by Crippen LogP contribution is -2.37. The normalized spacial score (nSPS) is 10.6. The van der Waals surface area contributed by atoms with E-state index in [0.29, 0.717) is 0 Å². The number of nitrogens with zero attached hydrogens (tertiary/aromatic N) is 2. The topological polar surface area (TPSA) is 40.6 Å². The minimum absolute atomic E-state index is 0.00226. The summed E-state index contributed by atoms with van der Waals surface area (Å²) in [6, 6.07) is 0.402. The first-order chi connectivity index (χ1) is 10.3. The van der Waals surface area contributed by atoms with Gasteiger partial charge in [-0.2, -0.15) is 0 Å². The van der Waals surface area contributed by atoms with E-state index < -0.39 is 0 Å². The molecule has 0 saturated heterocycles. The fourth-order valence-electron chi connectivity index (χ4n) is 2.40. The minimum atomic E-state index is -0.00226. The number of unbranched alkanes of at least 4 members (excludes halogenated alkanes) is 3. The summed E-state index contributed by atoms with van der Waals surface area (Å²) in [4.78, 5) is 27.1. The average Bonchev–Trinajstić information content (AvgIpc) is 2.47. The van der Waals surface area contributed by atoms with Gasteiger partial charge in [0.25, 0.3) is 0 Å². The highest BCUT2D eigenvalue weighted by Gasteiger charge is 2.14. The van der Waals surface area contributed by atoms with Crippen LogP contribution in [0, 0.1) is 0 Å². The number of hydrogen-bond acceptors (Lipinski definition) is 2. The van der Waals surface area contributed by atoms with Crippen LogP contribution in [0.3, 0.4) is 0 Å². The van der Waals surface area contributed by atoms with Crippen LogP contribution in [0.15, 0.2) is 25.3 Å². The third-order valence-corrected chi connectivity index (χ3v) is 3.71. The first-order valence-corrected chi connectivity index (χ1v) is 8.21. The van der Waals surface area contributed by atoms with Crippen LogP contribution < -0.4 is 0 Å². The highest BCUT2D eigenvalue weighted by molar-refractivity contribution is 5.87. The lowest BCUT2D eigenvalue weighted by Gasteiger charge is -2.26. The maximum absolute atomic E-state index is 11.7. The molecule has 0 rings (SSSR count). The fraction of sp³-hybridized carbons (Fsp3) is 0.667. The summed E-state index contributed by atoms with van der Waals surface area (Å²) in [7, 11) is 0. The van der Waals surface area contributed by atoms with Gasteiger partial charge in [-0.1, -0.05) is 26.0 Å². The second kappa shape index (κ2) is 11.0. The van der Waals surface area contributed by atoms with Crippen LogP contribution >= 0.6 is 0 Å². The third-order valence-electron chi connectivity index (χ3n) is 3.71. The highest BCUT2D eigenvalue weighted by atomic mass is 16.2. The van der Waals surface area contributed by atoms with Crippen molar-refractivity contribution in [3.63, 3.8) is 0 Å². The molecule has 126 valence electrons. The minimum Gasteiger partial charge on any atom is -0.337 e. The molecule has 0 aliphatic heterocycles. The van der Waals surface area contributed by atoms with Crippen LogP contribution in [-0.4, -0.2) is 46.8 Å². The van der Waals surface area contributed by atoms with Crippen molar-refractivity contribution in [3.05, 3.63) is 25.3 Å². The molecule has 0 aromatic heterocycles. The van der Waals surface area contributed by atoms with E-state index in [9.17, 15) is 9.59 Å². The van der Waals surface area contributed by atoms with Crippen molar-refractivity contribution in [1.29, 1.82) is 0 Å². The molecule has 0 bridgehead atoms. The van der Waals surface area contributed by atoms with Crippen LogP contribution in [0.2, 0.25) is 0 Å². The zero-order valence-corrected chi connectivity index (χ0v) is 14.7. The molecule has 4 heteroatoms. The number of hydrogen-bond donors (Lipinski definition) is 0. The number of carbonyl (C=O) groups is 2. The van der Waals surface area contributed by atoms with Gasteiger partial charge in [-0.05, 0) is 52.7 Å². The van der Waals surface area contributed by atoms with E-state index in [-0.39, 0.29) is 23.9 Å². The van der Waals surface area contributed by atoms with E-state index >= 15 is 0 Å². The molecule has 0 saturated carbocycles. The molecule has 0 atom stereocenters. The molecule has 22 heavy (non-hydrogen) atoms. The number of amides is 2. The molecule has 0 N–H and O–H groups in total. The van der Waals surface area contributed by atoms with E-state index in [1.807, 2.05) is 37.5 Å². The first-order valence-electron chi connectivity index (χ1n) is 8.21. The van der Waals surface area contributed by atoms with Gasteiger partial charge in [-0.3, -0.25) is 9.59 Å². The van der Waals surface area contributed by atoms with Crippen molar-refractivity contribution in [2.45, 2.75) is 65.5 Å². The van der Waals surface area contributed by atoms with E-state index in [1.54, 1.807) is 0 Å². The summed E-state index contributed by atoms with van der Waals surface area (Å²) in [5.41, 5.74) is 0. The predicted octanol–water partition coefficient (Wildman–Crippen LogP) is 3.39.